The van der Waals surface area contributed by atoms with Gasteiger partial charge in [0.15, 0.2) is 5.82 Å². The van der Waals surface area contributed by atoms with Crippen LogP contribution in [0.1, 0.15) is 21.6 Å². The van der Waals surface area contributed by atoms with Crippen LogP contribution >= 0.6 is 15.9 Å². The molecule has 0 aliphatic rings. The number of halogens is 1. The minimum atomic E-state index is -0.174. The van der Waals surface area contributed by atoms with Gasteiger partial charge in [-0.15, -0.1) is 0 Å². The lowest BCUT2D eigenvalue weighted by atomic mass is 10.1. The second kappa shape index (κ2) is 4.71. The first kappa shape index (κ1) is 11.9. The fourth-order valence-corrected chi connectivity index (χ4v) is 1.93. The Labute approximate surface area is 108 Å². The van der Waals surface area contributed by atoms with Crippen molar-refractivity contribution in [2.24, 2.45) is 0 Å². The normalized spacial score (nSPS) is 10.3. The number of nitrogens with zero attached hydrogens (tertiary/aromatic N) is 1. The van der Waals surface area contributed by atoms with Crippen molar-refractivity contribution in [3.63, 3.8) is 0 Å². The molecule has 0 spiro atoms. The zero-order valence-corrected chi connectivity index (χ0v) is 11.1. The summed E-state index contributed by atoms with van der Waals surface area (Å²) in [5, 5.41) is 9.47. The second-order valence-corrected chi connectivity index (χ2v) is 4.62. The van der Waals surface area contributed by atoms with Crippen LogP contribution in [0.25, 0.3) is 0 Å². The van der Waals surface area contributed by atoms with Crippen LogP contribution < -0.4 is 5.32 Å². The molecule has 0 aliphatic carbocycles. The fourth-order valence-electron chi connectivity index (χ4n) is 1.49. The van der Waals surface area contributed by atoms with Gasteiger partial charge in [0.05, 0.1) is 5.56 Å². The summed E-state index contributed by atoms with van der Waals surface area (Å²) in [5.74, 6) is 0.355. The minimum absolute atomic E-state index is 0.174. The molecule has 2 rings (SSSR count). The highest BCUT2D eigenvalue weighted by Gasteiger charge is 2.12. The summed E-state index contributed by atoms with van der Waals surface area (Å²) >= 11 is 3.41. The number of rotatable bonds is 2. The summed E-state index contributed by atoms with van der Waals surface area (Å²) in [4.78, 5) is 12.0. The number of carbonyl (C=O) groups is 1. The predicted molar refractivity (Wildman–Crippen MR) is 70.2 cm³/mol. The Bertz CT molecular complexity index is 563. The molecule has 1 aromatic heterocycles. The average Bonchev–Trinajstić information content (AvgIpc) is 2.68. The molecule has 1 heterocycles. The minimum Gasteiger partial charge on any atom is -0.305 e. The highest BCUT2D eigenvalue weighted by Crippen LogP contribution is 2.21. The number of aryl methyl sites for hydroxylation is 2. The largest absolute Gasteiger partial charge is 0.305 e. The maximum atomic E-state index is 12.0. The molecule has 0 saturated carbocycles. The maximum Gasteiger partial charge on any atom is 0.258 e. The fraction of sp³-hybridized carbons (Fsp3) is 0.167. The lowest BCUT2D eigenvalue weighted by Gasteiger charge is -2.06. The van der Waals surface area contributed by atoms with Crippen molar-refractivity contribution in [2.45, 2.75) is 13.8 Å². The quantitative estimate of drug-likeness (QED) is 0.894. The van der Waals surface area contributed by atoms with Crippen molar-refractivity contribution in [1.29, 1.82) is 0 Å². The van der Waals surface area contributed by atoms with Gasteiger partial charge in [0.25, 0.3) is 5.91 Å². The Morgan fingerprint density at radius 2 is 2.18 bits per heavy atom. The number of benzene rings is 1. The summed E-state index contributed by atoms with van der Waals surface area (Å²) < 4.78 is 0.810. The Balaban J connectivity index is 2.23. The molecule has 0 aliphatic heterocycles. The van der Waals surface area contributed by atoms with E-state index < -0.39 is 0 Å². The van der Waals surface area contributed by atoms with Crippen LogP contribution in [0.4, 0.5) is 5.82 Å². The molecule has 17 heavy (non-hydrogen) atoms. The van der Waals surface area contributed by atoms with Crippen LogP contribution in [0.5, 0.6) is 0 Å². The van der Waals surface area contributed by atoms with Crippen LogP contribution in [-0.4, -0.2) is 16.1 Å². The monoisotopic (exact) mass is 293 g/mol. The molecule has 1 aromatic carbocycles. The summed E-state index contributed by atoms with van der Waals surface area (Å²) in [6.07, 6.45) is 0. The number of aromatic nitrogens is 2. The molecule has 1 amide bonds. The number of nitrogens with one attached hydrogen (secondary N) is 2. The highest BCUT2D eigenvalue weighted by molar-refractivity contribution is 9.10. The highest BCUT2D eigenvalue weighted by atomic mass is 79.9. The van der Waals surface area contributed by atoms with E-state index in [4.69, 9.17) is 0 Å². The van der Waals surface area contributed by atoms with Crippen molar-refractivity contribution in [1.82, 2.24) is 10.2 Å². The average molecular weight is 294 g/mol. The predicted octanol–water partition coefficient (Wildman–Crippen LogP) is 3.04. The second-order valence-electron chi connectivity index (χ2n) is 3.83. The molecule has 0 fully saturated rings. The molecular formula is C12H12BrN3O. The Hall–Kier alpha value is -1.62. The molecule has 2 N–H and O–H groups in total. The SMILES string of the molecule is Cc1cc(NC(=O)c2cccc(C)c2Br)n[nH]1. The van der Waals surface area contributed by atoms with Gasteiger partial charge < -0.3 is 5.32 Å². The molecule has 4 nitrogen and oxygen atoms in total. The number of H-pyrrole nitrogens is 1. The van der Waals surface area contributed by atoms with E-state index >= 15 is 0 Å². The van der Waals surface area contributed by atoms with Crippen LogP contribution in [0.3, 0.4) is 0 Å². The first-order valence-corrected chi connectivity index (χ1v) is 5.95. The zero-order valence-electron chi connectivity index (χ0n) is 9.54. The zero-order chi connectivity index (χ0) is 12.4. The Kier molecular flexibility index (Phi) is 3.28. The number of carbonyl (C=O) groups excluding carboxylic acids is 1. The van der Waals surface area contributed by atoms with Gasteiger partial charge in [0.2, 0.25) is 0 Å². The molecule has 0 atom stereocenters. The third-order valence-electron chi connectivity index (χ3n) is 2.38. The number of aromatic amines is 1. The topological polar surface area (TPSA) is 57.8 Å². The van der Waals surface area contributed by atoms with E-state index in [1.807, 2.05) is 26.0 Å². The lowest BCUT2D eigenvalue weighted by molar-refractivity contribution is 0.102. The van der Waals surface area contributed by atoms with Crippen LogP contribution in [0.15, 0.2) is 28.7 Å². The number of anilines is 1. The number of hydrogen-bond acceptors (Lipinski definition) is 2. The van der Waals surface area contributed by atoms with Crippen LogP contribution in [-0.2, 0) is 0 Å². The summed E-state index contributed by atoms with van der Waals surface area (Å²) in [7, 11) is 0. The molecule has 88 valence electrons. The van der Waals surface area contributed by atoms with E-state index in [0.717, 1.165) is 15.7 Å². The molecule has 0 saturated heterocycles. The van der Waals surface area contributed by atoms with Crippen molar-refractivity contribution in [2.75, 3.05) is 5.32 Å². The summed E-state index contributed by atoms with van der Waals surface area (Å²) in [5.41, 5.74) is 2.53. The van der Waals surface area contributed by atoms with Gasteiger partial charge in [-0.2, -0.15) is 5.10 Å². The van der Waals surface area contributed by atoms with Gasteiger partial charge >= 0.3 is 0 Å². The van der Waals surface area contributed by atoms with Crippen molar-refractivity contribution < 1.29 is 4.79 Å². The molecule has 0 radical (unpaired) electrons. The molecule has 0 unspecified atom stereocenters. The van der Waals surface area contributed by atoms with Gasteiger partial charge in [-0.05, 0) is 41.4 Å². The molecule has 0 bridgehead atoms. The third kappa shape index (κ3) is 2.55. The van der Waals surface area contributed by atoms with Gasteiger partial charge in [0.1, 0.15) is 0 Å². The van der Waals surface area contributed by atoms with E-state index in [-0.39, 0.29) is 5.91 Å². The summed E-state index contributed by atoms with van der Waals surface area (Å²) in [6, 6.07) is 7.35. The van der Waals surface area contributed by atoms with Crippen molar-refractivity contribution in [3.8, 4) is 0 Å². The third-order valence-corrected chi connectivity index (χ3v) is 3.44. The molecule has 5 heteroatoms. The smallest absolute Gasteiger partial charge is 0.258 e. The first-order chi connectivity index (χ1) is 8.08. The standard InChI is InChI=1S/C12H12BrN3O/c1-7-4-3-5-9(11(7)13)12(17)14-10-6-8(2)15-16-10/h3-6H,1-2H3,(H2,14,15,16,17). The molecule has 2 aromatic rings. The van der Waals surface area contributed by atoms with Gasteiger partial charge in [0, 0.05) is 16.2 Å². The van der Waals surface area contributed by atoms with Crippen LogP contribution in [0, 0.1) is 13.8 Å². The van der Waals surface area contributed by atoms with E-state index in [0.29, 0.717) is 11.4 Å². The van der Waals surface area contributed by atoms with Gasteiger partial charge in [-0.3, -0.25) is 9.89 Å². The van der Waals surface area contributed by atoms with Gasteiger partial charge in [-0.25, -0.2) is 0 Å². The lowest BCUT2D eigenvalue weighted by Crippen LogP contribution is -2.13. The van der Waals surface area contributed by atoms with Crippen molar-refractivity contribution >= 4 is 27.7 Å². The van der Waals surface area contributed by atoms with E-state index in [9.17, 15) is 4.79 Å². The Morgan fingerprint density at radius 3 is 2.82 bits per heavy atom. The van der Waals surface area contributed by atoms with E-state index in [1.165, 1.54) is 0 Å². The van der Waals surface area contributed by atoms with E-state index in [1.54, 1.807) is 12.1 Å². The summed E-state index contributed by atoms with van der Waals surface area (Å²) in [6.45, 7) is 3.82. The van der Waals surface area contributed by atoms with Crippen molar-refractivity contribution in [3.05, 3.63) is 45.6 Å². The van der Waals surface area contributed by atoms with Crippen LogP contribution in [0.2, 0.25) is 0 Å². The number of hydrogen-bond donors (Lipinski definition) is 2. The van der Waals surface area contributed by atoms with E-state index in [2.05, 4.69) is 31.4 Å². The molecular weight excluding hydrogens is 282 g/mol. The maximum absolute atomic E-state index is 12.0. The number of amides is 1. The first-order valence-electron chi connectivity index (χ1n) is 5.16. The van der Waals surface area contributed by atoms with Gasteiger partial charge in [-0.1, -0.05) is 12.1 Å². The Morgan fingerprint density at radius 1 is 1.41 bits per heavy atom.